The summed E-state index contributed by atoms with van der Waals surface area (Å²) in [5.74, 6) is -4.73. The number of nitrogens with one attached hydrogen (secondary N) is 2. The lowest BCUT2D eigenvalue weighted by molar-refractivity contribution is -0.125. The molecule has 2 amide bonds. The van der Waals surface area contributed by atoms with Crippen molar-refractivity contribution in [3.8, 4) is 0 Å². The van der Waals surface area contributed by atoms with Crippen molar-refractivity contribution in [2.24, 2.45) is 0 Å². The van der Waals surface area contributed by atoms with Crippen molar-refractivity contribution in [3.05, 3.63) is 54.0 Å². The van der Waals surface area contributed by atoms with Crippen molar-refractivity contribution in [1.29, 1.82) is 0 Å². The molecule has 0 atom stereocenters. The molecule has 0 radical (unpaired) electrons. The topological polar surface area (TPSA) is 77.6 Å². The first-order valence-electron chi connectivity index (χ1n) is 9.02. The molecule has 0 spiro atoms. The smallest absolute Gasteiger partial charge is 0.243 e. The van der Waals surface area contributed by atoms with E-state index in [4.69, 9.17) is 0 Å². The van der Waals surface area contributed by atoms with Crippen LogP contribution in [0.3, 0.4) is 0 Å². The van der Waals surface area contributed by atoms with Gasteiger partial charge >= 0.3 is 0 Å². The monoisotopic (exact) mass is 407 g/mol. The third-order valence-corrected chi connectivity index (χ3v) is 4.47. The van der Waals surface area contributed by atoms with Crippen molar-refractivity contribution >= 4 is 23.3 Å². The number of amides is 2. The summed E-state index contributed by atoms with van der Waals surface area (Å²) in [7, 11) is 0. The molecule has 1 aromatic heterocycles. The Morgan fingerprint density at radius 3 is 2.41 bits per heavy atom. The molecular formula is C19H20F3N5O2. The van der Waals surface area contributed by atoms with E-state index in [1.54, 1.807) is 6.20 Å². The van der Waals surface area contributed by atoms with Gasteiger partial charge < -0.3 is 15.5 Å². The van der Waals surface area contributed by atoms with Crippen LogP contribution in [0.2, 0.25) is 0 Å². The number of rotatable bonds is 6. The van der Waals surface area contributed by atoms with E-state index in [0.29, 0.717) is 19.2 Å². The van der Waals surface area contributed by atoms with Crippen LogP contribution in [-0.4, -0.2) is 61.0 Å². The highest BCUT2D eigenvalue weighted by Crippen LogP contribution is 2.19. The van der Waals surface area contributed by atoms with Gasteiger partial charge in [0.1, 0.15) is 5.82 Å². The first kappa shape index (κ1) is 20.6. The molecule has 0 unspecified atom stereocenters. The summed E-state index contributed by atoms with van der Waals surface area (Å²) in [6.45, 7) is 2.47. The van der Waals surface area contributed by atoms with E-state index in [2.05, 4.69) is 20.5 Å². The molecule has 2 heterocycles. The molecule has 3 rings (SSSR count). The minimum Gasteiger partial charge on any atom is -0.354 e. The second-order valence-corrected chi connectivity index (χ2v) is 6.50. The molecule has 7 nitrogen and oxygen atoms in total. The highest BCUT2D eigenvalue weighted by molar-refractivity contribution is 5.94. The van der Waals surface area contributed by atoms with Gasteiger partial charge in [0.15, 0.2) is 17.5 Å². The van der Waals surface area contributed by atoms with Crippen molar-refractivity contribution in [2.75, 3.05) is 49.5 Å². The zero-order chi connectivity index (χ0) is 20.8. The molecule has 1 saturated heterocycles. The summed E-state index contributed by atoms with van der Waals surface area (Å²) in [5.41, 5.74) is -0.492. The van der Waals surface area contributed by atoms with E-state index >= 15 is 0 Å². The molecule has 0 bridgehead atoms. The van der Waals surface area contributed by atoms with Crippen LogP contribution in [0.4, 0.5) is 24.7 Å². The molecule has 1 aromatic carbocycles. The predicted octanol–water partition coefficient (Wildman–Crippen LogP) is 1.38. The normalized spacial score (nSPS) is 14.5. The zero-order valence-corrected chi connectivity index (χ0v) is 15.5. The van der Waals surface area contributed by atoms with E-state index in [0.717, 1.165) is 25.0 Å². The fourth-order valence-electron chi connectivity index (χ4n) is 2.93. The summed E-state index contributed by atoms with van der Waals surface area (Å²) < 4.78 is 39.6. The molecule has 1 aliphatic rings. The number of hydrogen-bond donors (Lipinski definition) is 2. The number of nitrogens with zero attached hydrogens (tertiary/aromatic N) is 3. The summed E-state index contributed by atoms with van der Waals surface area (Å²) in [4.78, 5) is 32.2. The van der Waals surface area contributed by atoms with Gasteiger partial charge in [-0.3, -0.25) is 14.5 Å². The Morgan fingerprint density at radius 2 is 1.72 bits per heavy atom. The minimum atomic E-state index is -1.67. The second-order valence-electron chi connectivity index (χ2n) is 6.50. The van der Waals surface area contributed by atoms with Crippen LogP contribution in [0.1, 0.15) is 0 Å². The maximum absolute atomic E-state index is 13.6. The van der Waals surface area contributed by atoms with Gasteiger partial charge in [-0.15, -0.1) is 0 Å². The lowest BCUT2D eigenvalue weighted by atomic mass is 10.2. The highest BCUT2D eigenvalue weighted by atomic mass is 19.2. The van der Waals surface area contributed by atoms with Gasteiger partial charge in [-0.1, -0.05) is 6.07 Å². The Bertz CT molecular complexity index is 874. The van der Waals surface area contributed by atoms with E-state index in [9.17, 15) is 22.8 Å². The Balaban J connectivity index is 1.40. The zero-order valence-electron chi connectivity index (χ0n) is 15.5. The largest absolute Gasteiger partial charge is 0.354 e. The van der Waals surface area contributed by atoms with E-state index < -0.39 is 35.6 Å². The number of carbonyl (C=O) groups excluding carboxylic acids is 2. The van der Waals surface area contributed by atoms with E-state index in [-0.39, 0.29) is 12.5 Å². The Hall–Kier alpha value is -3.14. The van der Waals surface area contributed by atoms with Gasteiger partial charge in [0.05, 0.1) is 18.8 Å². The SMILES string of the molecule is O=C(CN1CCN(c2ccccn2)CC1)NCC(=O)Nc1ccc(F)c(F)c1F. The fraction of sp³-hybridized carbons (Fsp3) is 0.316. The Labute approximate surface area is 165 Å². The number of carbonyl (C=O) groups is 2. The van der Waals surface area contributed by atoms with Crippen LogP contribution in [0.25, 0.3) is 0 Å². The second kappa shape index (κ2) is 9.37. The van der Waals surface area contributed by atoms with Gasteiger partial charge in [-0.25, -0.2) is 18.2 Å². The van der Waals surface area contributed by atoms with Crippen LogP contribution in [0.15, 0.2) is 36.5 Å². The molecule has 2 N–H and O–H groups in total. The average Bonchev–Trinajstić information content (AvgIpc) is 2.74. The molecule has 2 aromatic rings. The van der Waals surface area contributed by atoms with Crippen LogP contribution in [0, 0.1) is 17.5 Å². The average molecular weight is 407 g/mol. The fourth-order valence-corrected chi connectivity index (χ4v) is 2.93. The summed E-state index contributed by atoms with van der Waals surface area (Å²) in [6, 6.07) is 7.31. The number of pyridine rings is 1. The van der Waals surface area contributed by atoms with Crippen molar-refractivity contribution in [1.82, 2.24) is 15.2 Å². The van der Waals surface area contributed by atoms with E-state index in [1.165, 1.54) is 0 Å². The summed E-state index contributed by atoms with van der Waals surface area (Å²) in [6.07, 6.45) is 1.73. The number of anilines is 2. The molecule has 0 aliphatic carbocycles. The van der Waals surface area contributed by atoms with Crippen molar-refractivity contribution in [2.45, 2.75) is 0 Å². The number of aromatic nitrogens is 1. The number of hydrogen-bond acceptors (Lipinski definition) is 5. The highest BCUT2D eigenvalue weighted by Gasteiger charge is 2.20. The molecule has 0 saturated carbocycles. The predicted molar refractivity (Wildman–Crippen MR) is 101 cm³/mol. The number of piperazine rings is 1. The van der Waals surface area contributed by atoms with E-state index in [1.807, 2.05) is 23.1 Å². The molecule has 1 aliphatic heterocycles. The van der Waals surface area contributed by atoms with Gasteiger partial charge in [0.25, 0.3) is 0 Å². The maximum Gasteiger partial charge on any atom is 0.243 e. The third kappa shape index (κ3) is 5.44. The van der Waals surface area contributed by atoms with Crippen molar-refractivity contribution in [3.63, 3.8) is 0 Å². The van der Waals surface area contributed by atoms with Gasteiger partial charge in [0, 0.05) is 32.4 Å². The Kier molecular flexibility index (Phi) is 6.65. The summed E-state index contributed by atoms with van der Waals surface area (Å²) in [5, 5.41) is 4.53. The standard InChI is InChI=1S/C19H20F3N5O2/c20-13-4-5-14(19(22)18(13)21)25-16(28)11-24-17(29)12-26-7-9-27(10-8-26)15-3-1-2-6-23-15/h1-6H,7-12H2,(H,24,29)(H,25,28). The first-order valence-corrected chi connectivity index (χ1v) is 9.02. The minimum absolute atomic E-state index is 0.114. The lowest BCUT2D eigenvalue weighted by Crippen LogP contribution is -2.50. The van der Waals surface area contributed by atoms with Crippen LogP contribution in [-0.2, 0) is 9.59 Å². The first-order chi connectivity index (χ1) is 13.9. The molecular weight excluding hydrogens is 387 g/mol. The van der Waals surface area contributed by atoms with Gasteiger partial charge in [0.2, 0.25) is 11.8 Å². The van der Waals surface area contributed by atoms with Crippen LogP contribution < -0.4 is 15.5 Å². The molecule has 10 heteroatoms. The molecule has 29 heavy (non-hydrogen) atoms. The van der Waals surface area contributed by atoms with Crippen LogP contribution >= 0.6 is 0 Å². The number of benzene rings is 1. The summed E-state index contributed by atoms with van der Waals surface area (Å²) >= 11 is 0. The number of halogens is 3. The lowest BCUT2D eigenvalue weighted by Gasteiger charge is -2.34. The third-order valence-electron chi connectivity index (χ3n) is 4.47. The Morgan fingerprint density at radius 1 is 0.966 bits per heavy atom. The molecule has 1 fully saturated rings. The quantitative estimate of drug-likeness (QED) is 0.708. The van der Waals surface area contributed by atoms with Crippen molar-refractivity contribution < 1.29 is 22.8 Å². The van der Waals surface area contributed by atoms with Gasteiger partial charge in [-0.05, 0) is 24.3 Å². The van der Waals surface area contributed by atoms with Gasteiger partial charge in [-0.2, -0.15) is 0 Å². The maximum atomic E-state index is 13.6. The van der Waals surface area contributed by atoms with Crippen LogP contribution in [0.5, 0.6) is 0 Å². The molecule has 154 valence electrons.